The Morgan fingerprint density at radius 1 is 1.00 bits per heavy atom. The van der Waals surface area contributed by atoms with Gasteiger partial charge in [0, 0.05) is 36.9 Å². The lowest BCUT2D eigenvalue weighted by atomic mass is 10.0. The van der Waals surface area contributed by atoms with Crippen LogP contribution in [-0.2, 0) is 9.59 Å². The molecular weight excluding hydrogens is 416 g/mol. The Balaban J connectivity index is 1.39. The van der Waals surface area contributed by atoms with Crippen LogP contribution in [0.3, 0.4) is 0 Å². The third kappa shape index (κ3) is 3.56. The molecule has 2 saturated heterocycles. The van der Waals surface area contributed by atoms with E-state index in [1.165, 1.54) is 49.9 Å². The Morgan fingerprint density at radius 2 is 1.73 bits per heavy atom. The monoisotopic (exact) mass is 443 g/mol. The highest BCUT2D eigenvalue weighted by molar-refractivity contribution is 8.15. The molecule has 2 fully saturated rings. The second kappa shape index (κ2) is 8.35. The summed E-state index contributed by atoms with van der Waals surface area (Å²) in [7, 11) is 0. The van der Waals surface area contributed by atoms with E-state index < -0.39 is 17.5 Å². The number of ketones is 2. The molecule has 0 aromatic carbocycles. The van der Waals surface area contributed by atoms with Crippen LogP contribution in [0.15, 0.2) is 30.0 Å². The molecule has 1 aromatic heterocycles. The summed E-state index contributed by atoms with van der Waals surface area (Å²) >= 11 is 3.12. The van der Waals surface area contributed by atoms with Crippen molar-refractivity contribution in [3.05, 3.63) is 34.9 Å². The maximum atomic E-state index is 12.9. The number of piperidine rings is 2. The molecule has 3 aliphatic heterocycles. The van der Waals surface area contributed by atoms with Crippen molar-refractivity contribution >= 4 is 50.3 Å². The van der Waals surface area contributed by atoms with E-state index in [1.807, 2.05) is 18.2 Å². The van der Waals surface area contributed by atoms with E-state index in [-0.39, 0.29) is 16.6 Å². The summed E-state index contributed by atoms with van der Waals surface area (Å²) in [6, 6.07) is 3.90. The molecule has 0 bridgehead atoms. The summed E-state index contributed by atoms with van der Waals surface area (Å²) in [6.45, 7) is 4.13. The molecule has 30 heavy (non-hydrogen) atoms. The molecular formula is C23H27N2O3S2+. The zero-order valence-electron chi connectivity index (χ0n) is 17.0. The summed E-state index contributed by atoms with van der Waals surface area (Å²) in [5.41, 5.74) is 0.221. The number of thioether (sulfide) groups is 1. The number of nitrogens with zero attached hydrogens (tertiary/aromatic N) is 2. The standard InChI is InChI=1S/C23H26N2O3S2/c26-21-19(15-7-9-17(29-15)24-11-3-1-4-12-24)22(27)23(28)20(21)16-8-10-18(30-16)25-13-5-2-6-14-25/h7-10,15,19H,1-6,11-14H2/p+1. The number of aliphatic hydroxyl groups is 1. The van der Waals surface area contributed by atoms with Crippen molar-refractivity contribution in [2.24, 2.45) is 5.92 Å². The Bertz CT molecular complexity index is 961. The van der Waals surface area contributed by atoms with E-state index in [9.17, 15) is 14.7 Å². The lowest BCUT2D eigenvalue weighted by Gasteiger charge is -2.27. The van der Waals surface area contributed by atoms with Gasteiger partial charge in [0.1, 0.15) is 18.8 Å². The van der Waals surface area contributed by atoms with Crippen molar-refractivity contribution in [1.82, 2.24) is 0 Å². The molecule has 2 unspecified atom stereocenters. The number of Topliss-reactive ketones (excluding diaryl/α,β-unsaturated/α-hetero) is 2. The Morgan fingerprint density at radius 3 is 2.50 bits per heavy atom. The number of carbonyl (C=O) groups is 2. The summed E-state index contributed by atoms with van der Waals surface area (Å²) in [5.74, 6) is -1.82. The van der Waals surface area contributed by atoms with E-state index in [1.54, 1.807) is 11.8 Å². The maximum Gasteiger partial charge on any atom is 0.235 e. The Kier molecular flexibility index (Phi) is 5.58. The van der Waals surface area contributed by atoms with Crippen molar-refractivity contribution in [3.8, 4) is 0 Å². The smallest absolute Gasteiger partial charge is 0.235 e. The summed E-state index contributed by atoms with van der Waals surface area (Å²) in [5, 5.41) is 13.0. The van der Waals surface area contributed by atoms with Crippen LogP contribution in [0.2, 0.25) is 0 Å². The van der Waals surface area contributed by atoms with E-state index in [0.29, 0.717) is 4.88 Å². The first-order chi connectivity index (χ1) is 14.6. The molecule has 4 aliphatic rings. The molecule has 5 rings (SSSR count). The van der Waals surface area contributed by atoms with Gasteiger partial charge in [-0.25, -0.2) is 4.58 Å². The van der Waals surface area contributed by atoms with Gasteiger partial charge in [-0.1, -0.05) is 6.08 Å². The fraction of sp³-hybridized carbons (Fsp3) is 0.522. The average Bonchev–Trinajstić information content (AvgIpc) is 3.49. The van der Waals surface area contributed by atoms with Gasteiger partial charge >= 0.3 is 0 Å². The molecule has 0 saturated carbocycles. The Hall–Kier alpha value is -1.86. The predicted octanol–water partition coefficient (Wildman–Crippen LogP) is 4.04. The molecule has 5 nitrogen and oxygen atoms in total. The van der Waals surface area contributed by atoms with E-state index >= 15 is 0 Å². The van der Waals surface area contributed by atoms with Crippen LogP contribution < -0.4 is 4.90 Å². The minimum absolute atomic E-state index is 0.0425. The molecule has 2 atom stereocenters. The van der Waals surface area contributed by atoms with Gasteiger partial charge in [0.25, 0.3) is 0 Å². The number of aliphatic hydroxyl groups excluding tert-OH is 1. The number of rotatable bonds is 3. The molecule has 4 heterocycles. The Labute approximate surface area is 185 Å². The topological polar surface area (TPSA) is 60.6 Å². The lowest BCUT2D eigenvalue weighted by Crippen LogP contribution is -2.28. The highest BCUT2D eigenvalue weighted by atomic mass is 32.2. The highest BCUT2D eigenvalue weighted by Crippen LogP contribution is 2.43. The predicted molar refractivity (Wildman–Crippen MR) is 123 cm³/mol. The van der Waals surface area contributed by atoms with E-state index in [2.05, 4.69) is 15.6 Å². The quantitative estimate of drug-likeness (QED) is 0.564. The lowest BCUT2D eigenvalue weighted by molar-refractivity contribution is -0.534. The molecule has 1 N–H and O–H groups in total. The van der Waals surface area contributed by atoms with Crippen LogP contribution in [-0.4, -0.2) is 57.7 Å². The number of hydrogen-bond acceptors (Lipinski definition) is 6. The van der Waals surface area contributed by atoms with Gasteiger partial charge in [-0.15, -0.1) is 11.3 Å². The SMILES string of the molecule is O=C1C(=O)C(C2C=CC(=[N+]3CCCCC3)S2)C(O)=C1c1ccc(N2CCCCC2)s1. The van der Waals surface area contributed by atoms with E-state index in [0.717, 1.165) is 36.2 Å². The van der Waals surface area contributed by atoms with Crippen molar-refractivity contribution in [2.75, 3.05) is 31.1 Å². The summed E-state index contributed by atoms with van der Waals surface area (Å²) < 4.78 is 2.36. The normalized spacial score (nSPS) is 27.7. The van der Waals surface area contributed by atoms with Crippen molar-refractivity contribution < 1.29 is 19.3 Å². The zero-order chi connectivity index (χ0) is 20.7. The largest absolute Gasteiger partial charge is 0.511 e. The van der Waals surface area contributed by atoms with Gasteiger partial charge in [-0.2, -0.15) is 0 Å². The number of anilines is 1. The molecule has 0 radical (unpaired) electrons. The molecule has 0 amide bonds. The second-order valence-corrected chi connectivity index (χ2v) is 10.7. The molecule has 7 heteroatoms. The summed E-state index contributed by atoms with van der Waals surface area (Å²) in [6.07, 6.45) is 11.3. The number of carbonyl (C=O) groups excluding carboxylic acids is 2. The zero-order valence-corrected chi connectivity index (χ0v) is 18.6. The first kappa shape index (κ1) is 20.1. The number of hydrogen-bond donors (Lipinski definition) is 1. The summed E-state index contributed by atoms with van der Waals surface area (Å²) in [4.78, 5) is 28.7. The molecule has 158 valence electrons. The third-order valence-corrected chi connectivity index (χ3v) is 8.97. The van der Waals surface area contributed by atoms with Crippen LogP contribution in [0.25, 0.3) is 5.57 Å². The minimum atomic E-state index is -0.767. The van der Waals surface area contributed by atoms with Gasteiger partial charge in [-0.3, -0.25) is 9.59 Å². The highest BCUT2D eigenvalue weighted by Gasteiger charge is 2.47. The molecule has 0 spiro atoms. The van der Waals surface area contributed by atoms with Crippen molar-refractivity contribution in [3.63, 3.8) is 0 Å². The van der Waals surface area contributed by atoms with Gasteiger partial charge in [-0.05, 0) is 49.6 Å². The van der Waals surface area contributed by atoms with Crippen LogP contribution >= 0.6 is 23.1 Å². The van der Waals surface area contributed by atoms with Gasteiger partial charge in [0.05, 0.1) is 21.7 Å². The van der Waals surface area contributed by atoms with Crippen LogP contribution in [0.4, 0.5) is 5.00 Å². The molecule has 1 aliphatic carbocycles. The maximum absolute atomic E-state index is 12.9. The van der Waals surface area contributed by atoms with Gasteiger partial charge in [0.15, 0.2) is 0 Å². The van der Waals surface area contributed by atoms with Gasteiger partial charge in [0.2, 0.25) is 16.6 Å². The van der Waals surface area contributed by atoms with Crippen molar-refractivity contribution in [2.45, 2.75) is 43.8 Å². The van der Waals surface area contributed by atoms with Crippen LogP contribution in [0.5, 0.6) is 0 Å². The van der Waals surface area contributed by atoms with Gasteiger partial charge < -0.3 is 10.0 Å². The number of thiophene rings is 1. The first-order valence-electron chi connectivity index (χ1n) is 11.0. The first-order valence-corrected chi connectivity index (χ1v) is 12.7. The fourth-order valence-corrected chi connectivity index (χ4v) is 7.24. The van der Waals surface area contributed by atoms with Crippen LogP contribution in [0, 0.1) is 5.92 Å². The second-order valence-electron chi connectivity index (χ2n) is 8.44. The number of allylic oxidation sites excluding steroid dienone is 2. The molecule has 1 aromatic rings. The fourth-order valence-electron chi connectivity index (χ4n) is 4.82. The van der Waals surface area contributed by atoms with Crippen LogP contribution in [0.1, 0.15) is 43.4 Å². The minimum Gasteiger partial charge on any atom is -0.511 e. The third-order valence-electron chi connectivity index (χ3n) is 6.47. The van der Waals surface area contributed by atoms with Crippen molar-refractivity contribution in [1.29, 1.82) is 0 Å². The average molecular weight is 444 g/mol. The van der Waals surface area contributed by atoms with E-state index in [4.69, 9.17) is 0 Å².